The summed E-state index contributed by atoms with van der Waals surface area (Å²) < 4.78 is 13.6. The summed E-state index contributed by atoms with van der Waals surface area (Å²) in [6.07, 6.45) is 5.88. The number of anilines is 1. The Morgan fingerprint density at radius 2 is 1.86 bits per heavy atom. The Hall–Kier alpha value is -2.94. The van der Waals surface area contributed by atoms with Gasteiger partial charge in [0.1, 0.15) is 5.82 Å². The smallest absolute Gasteiger partial charge is 0.227 e. The number of carbonyl (C=O) groups excluding carboxylic acids is 1. The van der Waals surface area contributed by atoms with E-state index in [0.717, 1.165) is 17.7 Å². The molecule has 0 saturated carbocycles. The molecule has 0 fully saturated rings. The maximum absolute atomic E-state index is 13.6. The number of halogens is 1. The van der Waals surface area contributed by atoms with Gasteiger partial charge < -0.3 is 4.90 Å². The van der Waals surface area contributed by atoms with E-state index in [1.165, 1.54) is 28.5 Å². The van der Waals surface area contributed by atoms with Gasteiger partial charge in [0.15, 0.2) is 0 Å². The Balaban J connectivity index is 1.78. The second kappa shape index (κ2) is 6.59. The molecule has 1 amide bonds. The van der Waals surface area contributed by atoms with Crippen molar-refractivity contribution in [1.82, 2.24) is 0 Å². The van der Waals surface area contributed by atoms with Crippen molar-refractivity contribution >= 4 is 22.4 Å². The number of amides is 1. The summed E-state index contributed by atoms with van der Waals surface area (Å²) in [6, 6.07) is 19.2. The number of hydrogen-bond donors (Lipinski definition) is 0. The second-order valence-corrected chi connectivity index (χ2v) is 7.69. The van der Waals surface area contributed by atoms with E-state index in [0.29, 0.717) is 6.42 Å². The van der Waals surface area contributed by atoms with Gasteiger partial charge in [-0.2, -0.15) is 0 Å². The lowest BCUT2D eigenvalue weighted by molar-refractivity contribution is -0.119. The molecule has 0 spiro atoms. The maximum atomic E-state index is 13.6. The Kier molecular flexibility index (Phi) is 4.04. The molecule has 140 valence electrons. The van der Waals surface area contributed by atoms with Crippen LogP contribution >= 0.6 is 0 Å². The van der Waals surface area contributed by atoms with Crippen LogP contribution in [-0.4, -0.2) is 5.91 Å². The summed E-state index contributed by atoms with van der Waals surface area (Å²) in [4.78, 5) is 15.1. The predicted octanol–water partition coefficient (Wildman–Crippen LogP) is 6.14. The van der Waals surface area contributed by atoms with Gasteiger partial charge in [-0.25, -0.2) is 4.39 Å². The average molecular weight is 371 g/mol. The van der Waals surface area contributed by atoms with Gasteiger partial charge in [-0.15, -0.1) is 0 Å². The van der Waals surface area contributed by atoms with E-state index in [-0.39, 0.29) is 29.6 Å². The molecule has 2 aliphatic rings. The van der Waals surface area contributed by atoms with Crippen LogP contribution in [0.2, 0.25) is 0 Å². The summed E-state index contributed by atoms with van der Waals surface area (Å²) in [5.74, 6) is 0.382. The van der Waals surface area contributed by atoms with E-state index < -0.39 is 0 Å². The molecule has 0 bridgehead atoms. The number of allylic oxidation sites excluding steroid dienone is 2. The third kappa shape index (κ3) is 2.50. The van der Waals surface area contributed by atoms with Crippen molar-refractivity contribution < 1.29 is 9.18 Å². The Morgan fingerprint density at radius 1 is 1.07 bits per heavy atom. The molecule has 1 aliphatic heterocycles. The first-order chi connectivity index (χ1) is 13.7. The topological polar surface area (TPSA) is 20.3 Å². The van der Waals surface area contributed by atoms with Crippen LogP contribution in [0.3, 0.4) is 0 Å². The minimum Gasteiger partial charge on any atom is -0.304 e. The van der Waals surface area contributed by atoms with Gasteiger partial charge in [-0.1, -0.05) is 61.5 Å². The molecule has 2 nitrogen and oxygen atoms in total. The van der Waals surface area contributed by atoms with Crippen LogP contribution in [0.4, 0.5) is 10.1 Å². The van der Waals surface area contributed by atoms with Gasteiger partial charge in [0.05, 0.1) is 6.04 Å². The number of hydrogen-bond acceptors (Lipinski definition) is 1. The molecule has 0 saturated heterocycles. The summed E-state index contributed by atoms with van der Waals surface area (Å²) in [5, 5.41) is 2.41. The minimum absolute atomic E-state index is 0.0817. The van der Waals surface area contributed by atoms with Crippen LogP contribution in [0.25, 0.3) is 10.8 Å². The fraction of sp³-hybridized carbons (Fsp3) is 0.240. The first kappa shape index (κ1) is 17.2. The molecule has 0 aromatic heterocycles. The molecular formula is C25H22FNO. The van der Waals surface area contributed by atoms with Crippen molar-refractivity contribution in [2.24, 2.45) is 5.92 Å². The molecule has 0 N–H and O–H groups in total. The van der Waals surface area contributed by atoms with Crippen LogP contribution in [0.1, 0.15) is 42.9 Å². The second-order valence-electron chi connectivity index (χ2n) is 7.69. The highest BCUT2D eigenvalue weighted by molar-refractivity contribution is 6.01. The summed E-state index contributed by atoms with van der Waals surface area (Å²) in [5.41, 5.74) is 3.24. The van der Waals surface area contributed by atoms with Gasteiger partial charge in [-0.05, 0) is 52.4 Å². The number of carbonyl (C=O) groups is 1. The standard InChI is InChI=1S/C25H22FNO/c1-2-23(28)27-22-15-12-16-6-3-4-7-19(16)24(22)20-8-5-9-21(20)25(27)17-10-13-18(26)14-11-17/h3-8,10-15,20-21,25H,2,9H2,1H3/t20-,21+,25-/m0/s1. The van der Waals surface area contributed by atoms with E-state index in [2.05, 4.69) is 48.6 Å². The van der Waals surface area contributed by atoms with Gasteiger partial charge in [0.25, 0.3) is 0 Å². The van der Waals surface area contributed by atoms with E-state index in [1.807, 2.05) is 24.0 Å². The number of rotatable bonds is 2. The van der Waals surface area contributed by atoms with Gasteiger partial charge >= 0.3 is 0 Å². The predicted molar refractivity (Wildman–Crippen MR) is 111 cm³/mol. The Labute approximate surface area is 164 Å². The monoisotopic (exact) mass is 371 g/mol. The molecule has 0 radical (unpaired) electrons. The first-order valence-electron chi connectivity index (χ1n) is 9.95. The van der Waals surface area contributed by atoms with Crippen molar-refractivity contribution in [3.8, 4) is 0 Å². The normalized spacial score (nSPS) is 22.9. The highest BCUT2D eigenvalue weighted by Gasteiger charge is 2.44. The van der Waals surface area contributed by atoms with Gasteiger partial charge in [0.2, 0.25) is 5.91 Å². The third-order valence-corrected chi connectivity index (χ3v) is 6.22. The quantitative estimate of drug-likeness (QED) is 0.496. The van der Waals surface area contributed by atoms with Crippen molar-refractivity contribution in [1.29, 1.82) is 0 Å². The number of benzene rings is 3. The summed E-state index contributed by atoms with van der Waals surface area (Å²) in [7, 11) is 0. The molecule has 3 atom stereocenters. The minimum atomic E-state index is -0.250. The molecule has 0 unspecified atom stereocenters. The van der Waals surface area contributed by atoms with E-state index in [1.54, 1.807) is 0 Å². The fourth-order valence-electron chi connectivity index (χ4n) is 5.01. The summed E-state index contributed by atoms with van der Waals surface area (Å²) in [6.45, 7) is 1.91. The molecular weight excluding hydrogens is 349 g/mol. The zero-order valence-electron chi connectivity index (χ0n) is 15.8. The maximum Gasteiger partial charge on any atom is 0.227 e. The lowest BCUT2D eigenvalue weighted by atomic mass is 9.74. The average Bonchev–Trinajstić information content (AvgIpc) is 3.22. The van der Waals surface area contributed by atoms with E-state index in [9.17, 15) is 9.18 Å². The van der Waals surface area contributed by atoms with E-state index in [4.69, 9.17) is 0 Å². The number of nitrogens with zero attached hydrogens (tertiary/aromatic N) is 1. The van der Waals surface area contributed by atoms with Crippen LogP contribution in [0.5, 0.6) is 0 Å². The highest BCUT2D eigenvalue weighted by atomic mass is 19.1. The van der Waals surface area contributed by atoms with Crippen molar-refractivity contribution in [3.63, 3.8) is 0 Å². The zero-order chi connectivity index (χ0) is 19.3. The third-order valence-electron chi connectivity index (χ3n) is 6.22. The molecule has 3 aromatic rings. The zero-order valence-corrected chi connectivity index (χ0v) is 15.8. The molecule has 1 aliphatic carbocycles. The number of fused-ring (bicyclic) bond motifs is 5. The Bertz CT molecular complexity index is 1090. The van der Waals surface area contributed by atoms with Crippen LogP contribution in [0, 0.1) is 11.7 Å². The van der Waals surface area contributed by atoms with E-state index >= 15 is 0 Å². The van der Waals surface area contributed by atoms with Gasteiger partial charge in [0, 0.05) is 18.0 Å². The van der Waals surface area contributed by atoms with Crippen LogP contribution in [0.15, 0.2) is 72.8 Å². The fourth-order valence-corrected chi connectivity index (χ4v) is 5.01. The van der Waals surface area contributed by atoms with Gasteiger partial charge in [-0.3, -0.25) is 4.79 Å². The van der Waals surface area contributed by atoms with Crippen molar-refractivity contribution in [2.45, 2.75) is 31.7 Å². The SMILES string of the molecule is CCC(=O)N1c2ccc3ccccc3c2[C@H]2C=CC[C@H]2[C@@H]1c1ccc(F)cc1. The first-order valence-corrected chi connectivity index (χ1v) is 9.95. The van der Waals surface area contributed by atoms with Crippen LogP contribution < -0.4 is 4.90 Å². The molecule has 28 heavy (non-hydrogen) atoms. The molecule has 1 heterocycles. The van der Waals surface area contributed by atoms with Crippen molar-refractivity contribution in [2.75, 3.05) is 4.90 Å². The molecule has 5 rings (SSSR count). The molecule has 3 aromatic carbocycles. The Morgan fingerprint density at radius 3 is 2.64 bits per heavy atom. The van der Waals surface area contributed by atoms with Crippen molar-refractivity contribution in [3.05, 3.63) is 89.8 Å². The lowest BCUT2D eigenvalue weighted by Gasteiger charge is -2.45. The van der Waals surface area contributed by atoms with Crippen LogP contribution in [-0.2, 0) is 4.79 Å². The highest BCUT2D eigenvalue weighted by Crippen LogP contribution is 2.54. The lowest BCUT2D eigenvalue weighted by Crippen LogP contribution is -2.43. The molecule has 3 heteroatoms. The summed E-state index contributed by atoms with van der Waals surface area (Å²) >= 11 is 0. The largest absolute Gasteiger partial charge is 0.304 e.